The van der Waals surface area contributed by atoms with Crippen LogP contribution in [0.3, 0.4) is 0 Å². The maximum absolute atomic E-state index is 2.41. The molecule has 0 spiro atoms. The van der Waals surface area contributed by atoms with Crippen molar-refractivity contribution in [3.63, 3.8) is 0 Å². The molecule has 0 heterocycles. The van der Waals surface area contributed by atoms with E-state index in [0.29, 0.717) is 27.1 Å². The van der Waals surface area contributed by atoms with E-state index in [-0.39, 0.29) is 22.3 Å². The first kappa shape index (κ1) is 44.4. The van der Waals surface area contributed by atoms with Gasteiger partial charge in [-0.3, -0.25) is 0 Å². The molecule has 0 aromatic heterocycles. The predicted octanol–water partition coefficient (Wildman–Crippen LogP) is 14.6. The van der Waals surface area contributed by atoms with Crippen molar-refractivity contribution in [2.24, 2.45) is 68.5 Å². The Morgan fingerprint density at radius 1 is 0.500 bits per heavy atom. The van der Waals surface area contributed by atoms with E-state index in [9.17, 15) is 0 Å². The van der Waals surface area contributed by atoms with Gasteiger partial charge in [0.05, 0.1) is 0 Å². The minimum Gasteiger partial charge on any atom is -0.0776 e. The van der Waals surface area contributed by atoms with Crippen LogP contribution in [0.15, 0.2) is 0 Å². The van der Waals surface area contributed by atoms with Crippen LogP contribution < -0.4 is 0 Å². The third kappa shape index (κ3) is 17.8. The molecule has 6 atom stereocenters. The molecule has 3 aliphatic carbocycles. The average molecular weight is 567 g/mol. The van der Waals surface area contributed by atoms with E-state index in [1.807, 2.05) is 0 Å². The Labute approximate surface area is 259 Å². The van der Waals surface area contributed by atoms with Crippen LogP contribution in [0.25, 0.3) is 0 Å². The van der Waals surface area contributed by atoms with Gasteiger partial charge in [0.25, 0.3) is 0 Å². The van der Waals surface area contributed by atoms with Crippen LogP contribution in [0.1, 0.15) is 191 Å². The monoisotopic (exact) mass is 567 g/mol. The van der Waals surface area contributed by atoms with Gasteiger partial charge in [-0.05, 0) is 113 Å². The van der Waals surface area contributed by atoms with Gasteiger partial charge in [0.15, 0.2) is 0 Å². The molecule has 40 heavy (non-hydrogen) atoms. The molecule has 3 saturated carbocycles. The fourth-order valence-corrected chi connectivity index (χ4v) is 7.19. The van der Waals surface area contributed by atoms with Crippen LogP contribution in [-0.4, -0.2) is 0 Å². The molecule has 0 bridgehead atoms. The molecule has 0 aromatic rings. The fraction of sp³-hybridized carbons (Fsp3) is 1.00. The number of hydrogen-bond acceptors (Lipinski definition) is 0. The molecule has 3 fully saturated rings. The molecule has 246 valence electrons. The van der Waals surface area contributed by atoms with Gasteiger partial charge in [-0.15, -0.1) is 0 Å². The van der Waals surface area contributed by atoms with Crippen molar-refractivity contribution in [1.82, 2.24) is 0 Å². The van der Waals surface area contributed by atoms with Gasteiger partial charge in [0.1, 0.15) is 0 Å². The Balaban J connectivity index is -0.000000498. The van der Waals surface area contributed by atoms with E-state index < -0.39 is 0 Å². The number of hydrogen-bond donors (Lipinski definition) is 0. The SMILES string of the molecule is C.C.C.CC(C)(C)C1CCCC(C(C)(C)C)C1.CC(C)(C)CC1CC1C(C)(C)C.CC(C)C1CC1CC(C)(C)C. The highest BCUT2D eigenvalue weighted by Crippen LogP contribution is 2.55. The Morgan fingerprint density at radius 2 is 0.875 bits per heavy atom. The van der Waals surface area contributed by atoms with E-state index in [0.717, 1.165) is 41.4 Å². The van der Waals surface area contributed by atoms with Gasteiger partial charge >= 0.3 is 0 Å². The Morgan fingerprint density at radius 3 is 1.12 bits per heavy atom. The molecule has 0 nitrogen and oxygen atoms in total. The van der Waals surface area contributed by atoms with Gasteiger partial charge in [-0.25, -0.2) is 0 Å². The Kier molecular flexibility index (Phi) is 18.0. The summed E-state index contributed by atoms with van der Waals surface area (Å²) in [6.45, 7) is 40.4. The van der Waals surface area contributed by atoms with E-state index in [2.05, 4.69) is 118 Å². The van der Waals surface area contributed by atoms with Crippen molar-refractivity contribution < 1.29 is 0 Å². The van der Waals surface area contributed by atoms with Crippen molar-refractivity contribution in [2.45, 2.75) is 191 Å². The zero-order valence-corrected chi connectivity index (χ0v) is 29.2. The number of rotatable bonds is 3. The lowest BCUT2D eigenvalue weighted by Crippen LogP contribution is -2.32. The fourth-order valence-electron chi connectivity index (χ4n) is 7.19. The predicted molar refractivity (Wildman–Crippen MR) is 190 cm³/mol. The van der Waals surface area contributed by atoms with Crippen molar-refractivity contribution in [2.75, 3.05) is 0 Å². The van der Waals surface area contributed by atoms with Gasteiger partial charge < -0.3 is 0 Å². The first-order valence-electron chi connectivity index (χ1n) is 16.3. The molecule has 0 N–H and O–H groups in total. The van der Waals surface area contributed by atoms with Crippen molar-refractivity contribution >= 4 is 0 Å². The first-order valence-corrected chi connectivity index (χ1v) is 16.3. The quantitative estimate of drug-likeness (QED) is 0.318. The molecule has 0 amide bonds. The summed E-state index contributed by atoms with van der Waals surface area (Å²) in [4.78, 5) is 0. The molecular weight excluding hydrogens is 480 g/mol. The average Bonchev–Trinajstić information content (AvgIpc) is 3.55. The lowest BCUT2D eigenvalue weighted by molar-refractivity contribution is 0.0830. The minimum atomic E-state index is 0. The van der Waals surface area contributed by atoms with Crippen LogP contribution in [-0.2, 0) is 0 Å². The van der Waals surface area contributed by atoms with Gasteiger partial charge in [-0.2, -0.15) is 0 Å². The maximum Gasteiger partial charge on any atom is -0.0334 e. The molecule has 0 heteroatoms. The van der Waals surface area contributed by atoms with E-state index >= 15 is 0 Å². The largest absolute Gasteiger partial charge is 0.0776 e. The lowest BCUT2D eigenvalue weighted by Gasteiger charge is -2.42. The maximum atomic E-state index is 2.41. The molecule has 6 unspecified atom stereocenters. The zero-order valence-electron chi connectivity index (χ0n) is 29.2. The van der Waals surface area contributed by atoms with Crippen LogP contribution in [0.5, 0.6) is 0 Å². The first-order chi connectivity index (χ1) is 16.3. The van der Waals surface area contributed by atoms with Gasteiger partial charge in [0.2, 0.25) is 0 Å². The second kappa shape index (κ2) is 16.2. The van der Waals surface area contributed by atoms with Crippen LogP contribution in [0, 0.1) is 68.5 Å². The summed E-state index contributed by atoms with van der Waals surface area (Å²) in [7, 11) is 0. The Hall–Kier alpha value is 0. The van der Waals surface area contributed by atoms with Crippen LogP contribution in [0.2, 0.25) is 0 Å². The van der Waals surface area contributed by atoms with Gasteiger partial charge in [-0.1, -0.05) is 146 Å². The smallest absolute Gasteiger partial charge is 0.0334 e. The molecule has 0 saturated heterocycles. The zero-order chi connectivity index (χ0) is 29.2. The molecular formula is C40H86. The van der Waals surface area contributed by atoms with Crippen molar-refractivity contribution in [3.8, 4) is 0 Å². The molecule has 3 rings (SSSR count). The van der Waals surface area contributed by atoms with Crippen LogP contribution >= 0.6 is 0 Å². The standard InChI is InChI=1S/C14H28.C12H24.C11H22.3CH4/c1-13(2,3)11-8-7-9-12(10-11)14(4,5)6;1-11(2,3)8-9-7-10(9)12(4,5)6;1-8(2)10-6-9(10)7-11(3,4)5;;;/h11-12H,7-10H2,1-6H3;9-10H,7-8H2,1-6H3;8-10H,6-7H2,1-5H3;3*1H4. The normalized spacial score (nSPS) is 28.4. The van der Waals surface area contributed by atoms with Gasteiger partial charge in [0, 0.05) is 0 Å². The highest BCUT2D eigenvalue weighted by Gasteiger charge is 2.46. The highest BCUT2D eigenvalue weighted by molar-refractivity contribution is 4.95. The second-order valence-electron chi connectivity index (χ2n) is 19.7. The summed E-state index contributed by atoms with van der Waals surface area (Å²) < 4.78 is 0. The molecule has 0 aliphatic heterocycles. The lowest BCUT2D eigenvalue weighted by atomic mass is 9.63. The summed E-state index contributed by atoms with van der Waals surface area (Å²) in [5, 5.41) is 0. The molecule has 3 aliphatic rings. The summed E-state index contributed by atoms with van der Waals surface area (Å²) in [5.41, 5.74) is 2.67. The summed E-state index contributed by atoms with van der Waals surface area (Å²) >= 11 is 0. The summed E-state index contributed by atoms with van der Waals surface area (Å²) in [5.74, 6) is 6.93. The van der Waals surface area contributed by atoms with E-state index in [1.165, 1.54) is 51.4 Å². The second-order valence-corrected chi connectivity index (χ2v) is 19.7. The molecule has 0 aromatic carbocycles. The van der Waals surface area contributed by atoms with Crippen molar-refractivity contribution in [3.05, 3.63) is 0 Å². The summed E-state index contributed by atoms with van der Waals surface area (Å²) in [6, 6.07) is 0. The van der Waals surface area contributed by atoms with Crippen molar-refractivity contribution in [1.29, 1.82) is 0 Å². The van der Waals surface area contributed by atoms with E-state index in [4.69, 9.17) is 0 Å². The minimum absolute atomic E-state index is 0. The molecule has 0 radical (unpaired) electrons. The topological polar surface area (TPSA) is 0 Å². The third-order valence-corrected chi connectivity index (χ3v) is 9.74. The third-order valence-electron chi connectivity index (χ3n) is 9.74. The van der Waals surface area contributed by atoms with E-state index in [1.54, 1.807) is 0 Å². The summed E-state index contributed by atoms with van der Waals surface area (Å²) in [6.07, 6.45) is 11.6. The highest BCUT2D eigenvalue weighted by atomic mass is 14.5. The van der Waals surface area contributed by atoms with Crippen LogP contribution in [0.4, 0.5) is 0 Å². The Bertz CT molecular complexity index is 625.